The van der Waals surface area contributed by atoms with Gasteiger partial charge in [0.2, 0.25) is 5.78 Å². The topological polar surface area (TPSA) is 165 Å². The summed E-state index contributed by atoms with van der Waals surface area (Å²) >= 11 is 0. The minimum atomic E-state index is -2.64. The lowest BCUT2D eigenvalue weighted by molar-refractivity contribution is -0.153. The van der Waals surface area contributed by atoms with E-state index in [1.54, 1.807) is 14.1 Å². The SMILES string of the molecule is CC(C)CCCc1cc(N(C)C)c2c(c1O)C(O)=C1C(=O)[C@@]3(O)C(O)=C(C(N)=O)C(=O)[C@@H](N(C)C)[C@@H]3C[C@@H]1C2. The number of aliphatic hydroxyl groups is 3. The minimum absolute atomic E-state index is 0.0650. The van der Waals surface area contributed by atoms with Crippen LogP contribution >= 0.6 is 0 Å². The van der Waals surface area contributed by atoms with E-state index < -0.39 is 58.0 Å². The lowest BCUT2D eigenvalue weighted by Gasteiger charge is -2.50. The Kier molecular flexibility index (Phi) is 7.33. The monoisotopic (exact) mass is 541 g/mol. The smallest absolute Gasteiger partial charge is 0.255 e. The molecular formula is C29H39N3O7. The fraction of sp³-hybridized carbons (Fsp3) is 0.552. The summed E-state index contributed by atoms with van der Waals surface area (Å²) in [6.07, 6.45) is 2.68. The number of rotatable bonds is 7. The fourth-order valence-electron chi connectivity index (χ4n) is 6.64. The molecule has 1 fully saturated rings. The number of phenolic OH excluding ortho intramolecular Hbond substituents is 1. The largest absolute Gasteiger partial charge is 0.508 e. The second-order valence-electron chi connectivity index (χ2n) is 11.9. The molecule has 1 saturated carbocycles. The van der Waals surface area contributed by atoms with E-state index in [9.17, 15) is 34.8 Å². The van der Waals surface area contributed by atoms with Crippen LogP contribution in [0.5, 0.6) is 5.75 Å². The number of carbonyl (C=O) groups is 3. The molecule has 1 amide bonds. The summed E-state index contributed by atoms with van der Waals surface area (Å²) < 4.78 is 0. The zero-order valence-corrected chi connectivity index (χ0v) is 23.4. The van der Waals surface area contributed by atoms with Crippen molar-refractivity contribution in [1.29, 1.82) is 0 Å². The zero-order chi connectivity index (χ0) is 29.1. The van der Waals surface area contributed by atoms with Crippen LogP contribution in [-0.2, 0) is 27.2 Å². The molecule has 0 aliphatic heterocycles. The number of hydrogen-bond acceptors (Lipinski definition) is 9. The van der Waals surface area contributed by atoms with Gasteiger partial charge in [-0.3, -0.25) is 19.3 Å². The van der Waals surface area contributed by atoms with Gasteiger partial charge in [0.05, 0.1) is 11.6 Å². The molecule has 4 rings (SSSR count). The molecule has 0 aromatic heterocycles. The van der Waals surface area contributed by atoms with Gasteiger partial charge in [0.15, 0.2) is 11.4 Å². The van der Waals surface area contributed by atoms with Crippen molar-refractivity contribution < 1.29 is 34.8 Å². The molecule has 6 N–H and O–H groups in total. The van der Waals surface area contributed by atoms with Gasteiger partial charge in [0.1, 0.15) is 22.8 Å². The molecular weight excluding hydrogens is 502 g/mol. The molecule has 0 saturated heterocycles. The first-order chi connectivity index (χ1) is 18.1. The lowest BCUT2D eigenvalue weighted by atomic mass is 9.57. The highest BCUT2D eigenvalue weighted by molar-refractivity contribution is 6.24. The van der Waals surface area contributed by atoms with Gasteiger partial charge in [0, 0.05) is 31.3 Å². The number of hydrogen-bond donors (Lipinski definition) is 5. The molecule has 10 nitrogen and oxygen atoms in total. The molecule has 0 unspecified atom stereocenters. The van der Waals surface area contributed by atoms with Gasteiger partial charge < -0.3 is 31.1 Å². The second kappa shape index (κ2) is 9.98. The van der Waals surface area contributed by atoms with Gasteiger partial charge in [-0.1, -0.05) is 20.3 Å². The molecule has 39 heavy (non-hydrogen) atoms. The molecule has 0 bridgehead atoms. The number of nitrogens with two attached hydrogens (primary N) is 1. The van der Waals surface area contributed by atoms with Crippen LogP contribution in [0.1, 0.15) is 49.8 Å². The van der Waals surface area contributed by atoms with E-state index in [0.717, 1.165) is 18.5 Å². The standard InChI is InChI=1S/C29H39N3O7/c1-13(2)8-7-9-14-12-18(31(3)4)16-10-15-11-17-22(32(5)6)25(35)21(28(30)38)27(37)29(17,39)26(36)19(15)24(34)20(16)23(14)33/h12-13,15,17,22,33-34,37,39H,7-11H2,1-6H3,(H2,30,38)/t15-,17-,22-,29+/m0/s1. The quantitative estimate of drug-likeness (QED) is 0.325. The number of benzene rings is 1. The zero-order valence-electron chi connectivity index (χ0n) is 23.4. The van der Waals surface area contributed by atoms with Crippen molar-refractivity contribution in [2.24, 2.45) is 23.5 Å². The van der Waals surface area contributed by atoms with Gasteiger partial charge >= 0.3 is 0 Å². The van der Waals surface area contributed by atoms with Gasteiger partial charge in [0.25, 0.3) is 5.91 Å². The molecule has 3 aliphatic rings. The van der Waals surface area contributed by atoms with E-state index in [4.69, 9.17) is 5.73 Å². The van der Waals surface area contributed by atoms with E-state index in [-0.39, 0.29) is 29.7 Å². The average Bonchev–Trinajstić information content (AvgIpc) is 2.81. The number of aromatic hydroxyl groups is 1. The number of primary amides is 1. The molecule has 212 valence electrons. The Balaban J connectivity index is 1.93. The lowest BCUT2D eigenvalue weighted by Crippen LogP contribution is -2.65. The Hall–Kier alpha value is -3.37. The number of carbonyl (C=O) groups excluding carboxylic acids is 3. The highest BCUT2D eigenvalue weighted by Gasteiger charge is 2.64. The average molecular weight is 542 g/mol. The van der Waals surface area contributed by atoms with Crippen LogP contribution < -0.4 is 10.6 Å². The number of aryl methyl sites for hydroxylation is 1. The predicted molar refractivity (Wildman–Crippen MR) is 146 cm³/mol. The summed E-state index contributed by atoms with van der Waals surface area (Å²) in [4.78, 5) is 42.7. The van der Waals surface area contributed by atoms with Crippen molar-refractivity contribution in [1.82, 2.24) is 4.90 Å². The number of ketones is 2. The maximum absolute atomic E-state index is 14.0. The number of nitrogens with zero attached hydrogens (tertiary/aromatic N) is 2. The van der Waals surface area contributed by atoms with E-state index >= 15 is 0 Å². The third kappa shape index (κ3) is 4.30. The summed E-state index contributed by atoms with van der Waals surface area (Å²) in [5.74, 6) is -5.89. The third-order valence-electron chi connectivity index (χ3n) is 8.49. The number of phenols is 1. The molecule has 0 spiro atoms. The van der Waals surface area contributed by atoms with Crippen molar-refractivity contribution in [2.75, 3.05) is 33.1 Å². The van der Waals surface area contributed by atoms with Crippen LogP contribution in [0.2, 0.25) is 0 Å². The summed E-state index contributed by atoms with van der Waals surface area (Å²) in [6.45, 7) is 4.24. The van der Waals surface area contributed by atoms with Crippen molar-refractivity contribution in [3.8, 4) is 5.75 Å². The van der Waals surface area contributed by atoms with Gasteiger partial charge in [-0.2, -0.15) is 0 Å². The molecule has 1 aromatic carbocycles. The molecule has 10 heteroatoms. The van der Waals surface area contributed by atoms with Crippen molar-refractivity contribution in [3.63, 3.8) is 0 Å². The number of fused-ring (bicyclic) bond motifs is 3. The van der Waals surface area contributed by atoms with Crippen molar-refractivity contribution in [3.05, 3.63) is 39.7 Å². The first-order valence-corrected chi connectivity index (χ1v) is 13.3. The van der Waals surface area contributed by atoms with Crippen LogP contribution in [-0.4, -0.2) is 82.6 Å². The van der Waals surface area contributed by atoms with Crippen LogP contribution in [0.15, 0.2) is 23.0 Å². The molecule has 0 radical (unpaired) electrons. The van der Waals surface area contributed by atoms with Crippen LogP contribution in [0, 0.1) is 17.8 Å². The Labute approximate surface area is 228 Å². The molecule has 1 aromatic rings. The van der Waals surface area contributed by atoms with Crippen LogP contribution in [0.3, 0.4) is 0 Å². The number of Topliss-reactive ketones (excluding diaryl/α,β-unsaturated/α-hetero) is 2. The molecule has 4 atom stereocenters. The Bertz CT molecular complexity index is 1310. The van der Waals surface area contributed by atoms with Gasteiger partial charge in [-0.15, -0.1) is 0 Å². The highest BCUT2D eigenvalue weighted by atomic mass is 16.3. The summed E-state index contributed by atoms with van der Waals surface area (Å²) in [6, 6.07) is 0.807. The van der Waals surface area contributed by atoms with E-state index in [1.807, 2.05) is 25.1 Å². The number of likely N-dealkylation sites (N-methyl/N-ethyl adjacent to an activating group) is 1. The first-order valence-electron chi connectivity index (χ1n) is 13.3. The Morgan fingerprint density at radius 2 is 1.79 bits per heavy atom. The number of anilines is 1. The first kappa shape index (κ1) is 28.6. The summed E-state index contributed by atoms with van der Waals surface area (Å²) in [5, 5.41) is 45.6. The van der Waals surface area contributed by atoms with Crippen molar-refractivity contribution in [2.45, 2.75) is 57.6 Å². The molecule has 0 heterocycles. The fourth-order valence-corrected chi connectivity index (χ4v) is 6.64. The second-order valence-corrected chi connectivity index (χ2v) is 11.9. The minimum Gasteiger partial charge on any atom is -0.508 e. The molecule has 3 aliphatic carbocycles. The van der Waals surface area contributed by atoms with Crippen molar-refractivity contribution >= 4 is 28.9 Å². The third-order valence-corrected chi connectivity index (χ3v) is 8.49. The van der Waals surface area contributed by atoms with Crippen LogP contribution in [0.4, 0.5) is 5.69 Å². The number of amides is 1. The predicted octanol–water partition coefficient (Wildman–Crippen LogP) is 2.01. The van der Waals surface area contributed by atoms with Gasteiger partial charge in [-0.25, -0.2) is 0 Å². The Morgan fingerprint density at radius 1 is 1.15 bits per heavy atom. The summed E-state index contributed by atoms with van der Waals surface area (Å²) in [5.41, 5.74) is 4.02. The summed E-state index contributed by atoms with van der Waals surface area (Å²) in [7, 11) is 6.89. The van der Waals surface area contributed by atoms with Crippen LogP contribution in [0.25, 0.3) is 5.76 Å². The normalized spacial score (nSPS) is 26.6. The number of aliphatic hydroxyl groups excluding tert-OH is 2. The van der Waals surface area contributed by atoms with E-state index in [0.29, 0.717) is 23.5 Å². The maximum atomic E-state index is 14.0. The van der Waals surface area contributed by atoms with Gasteiger partial charge in [-0.05, 0) is 68.8 Å². The Morgan fingerprint density at radius 3 is 2.33 bits per heavy atom. The maximum Gasteiger partial charge on any atom is 0.255 e. The van der Waals surface area contributed by atoms with E-state index in [1.165, 1.54) is 4.90 Å². The van der Waals surface area contributed by atoms with E-state index in [2.05, 4.69) is 13.8 Å². The highest BCUT2D eigenvalue weighted by Crippen LogP contribution is 2.54.